The van der Waals surface area contributed by atoms with E-state index < -0.39 is 18.0 Å². The number of carbonyl (C=O) groups excluding carboxylic acids is 1. The third-order valence-corrected chi connectivity index (χ3v) is 3.08. The average Bonchev–Trinajstić information content (AvgIpc) is 2.49. The highest BCUT2D eigenvalue weighted by molar-refractivity contribution is 5.82. The summed E-state index contributed by atoms with van der Waals surface area (Å²) in [7, 11) is 1.56. The van der Waals surface area contributed by atoms with Gasteiger partial charge >= 0.3 is 12.0 Å². The summed E-state index contributed by atoms with van der Waals surface area (Å²) in [4.78, 5) is 22.8. The van der Waals surface area contributed by atoms with Crippen molar-refractivity contribution in [2.45, 2.75) is 38.8 Å². The SMILES string of the molecule is CCCCC(NC(=O)NCc1ccccc1OC)C(=O)O. The van der Waals surface area contributed by atoms with Crippen LogP contribution in [-0.2, 0) is 11.3 Å². The molecule has 0 bridgehead atoms. The van der Waals surface area contributed by atoms with Crippen LogP contribution >= 0.6 is 0 Å². The number of rotatable bonds is 8. The van der Waals surface area contributed by atoms with E-state index in [-0.39, 0.29) is 6.54 Å². The van der Waals surface area contributed by atoms with E-state index in [4.69, 9.17) is 9.84 Å². The second-order valence-electron chi connectivity index (χ2n) is 4.67. The first-order valence-electron chi connectivity index (χ1n) is 6.97. The number of hydrogen-bond donors (Lipinski definition) is 3. The Morgan fingerprint density at radius 2 is 2.05 bits per heavy atom. The molecule has 2 amide bonds. The number of nitrogens with one attached hydrogen (secondary N) is 2. The highest BCUT2D eigenvalue weighted by Gasteiger charge is 2.18. The summed E-state index contributed by atoms with van der Waals surface area (Å²) in [6, 6.07) is 5.97. The number of methoxy groups -OCH3 is 1. The molecule has 0 aliphatic carbocycles. The van der Waals surface area contributed by atoms with Gasteiger partial charge in [0.25, 0.3) is 0 Å². The van der Waals surface area contributed by atoms with E-state index in [9.17, 15) is 9.59 Å². The van der Waals surface area contributed by atoms with Crippen LogP contribution in [0.25, 0.3) is 0 Å². The smallest absolute Gasteiger partial charge is 0.326 e. The Hall–Kier alpha value is -2.24. The van der Waals surface area contributed by atoms with E-state index in [0.29, 0.717) is 12.2 Å². The molecular formula is C15H22N2O4. The van der Waals surface area contributed by atoms with Crippen molar-refractivity contribution in [3.05, 3.63) is 29.8 Å². The van der Waals surface area contributed by atoms with Crippen LogP contribution in [0, 0.1) is 0 Å². The lowest BCUT2D eigenvalue weighted by molar-refractivity contribution is -0.139. The van der Waals surface area contributed by atoms with Crippen molar-refractivity contribution in [2.24, 2.45) is 0 Å². The number of carbonyl (C=O) groups is 2. The van der Waals surface area contributed by atoms with E-state index in [1.165, 1.54) is 0 Å². The van der Waals surface area contributed by atoms with Crippen LogP contribution in [-0.4, -0.2) is 30.3 Å². The van der Waals surface area contributed by atoms with Gasteiger partial charge in [-0.3, -0.25) is 0 Å². The number of hydrogen-bond acceptors (Lipinski definition) is 3. The molecule has 0 heterocycles. The lowest BCUT2D eigenvalue weighted by atomic mass is 10.1. The zero-order valence-electron chi connectivity index (χ0n) is 12.4. The van der Waals surface area contributed by atoms with Gasteiger partial charge in [-0.15, -0.1) is 0 Å². The van der Waals surface area contributed by atoms with Crippen molar-refractivity contribution < 1.29 is 19.4 Å². The van der Waals surface area contributed by atoms with Gasteiger partial charge in [0.2, 0.25) is 0 Å². The molecule has 1 rings (SSSR count). The Kier molecular flexibility index (Phi) is 7.08. The lowest BCUT2D eigenvalue weighted by Gasteiger charge is -2.15. The molecule has 6 nitrogen and oxygen atoms in total. The number of benzene rings is 1. The summed E-state index contributed by atoms with van der Waals surface area (Å²) >= 11 is 0. The fourth-order valence-electron chi connectivity index (χ4n) is 1.90. The van der Waals surface area contributed by atoms with Gasteiger partial charge in [-0.25, -0.2) is 9.59 Å². The van der Waals surface area contributed by atoms with Crippen molar-refractivity contribution in [3.63, 3.8) is 0 Å². The fraction of sp³-hybridized carbons (Fsp3) is 0.467. The van der Waals surface area contributed by atoms with Gasteiger partial charge < -0.3 is 20.5 Å². The van der Waals surface area contributed by atoms with Crippen LogP contribution < -0.4 is 15.4 Å². The minimum atomic E-state index is -1.02. The molecule has 6 heteroatoms. The van der Waals surface area contributed by atoms with E-state index in [1.807, 2.05) is 25.1 Å². The minimum Gasteiger partial charge on any atom is -0.496 e. The lowest BCUT2D eigenvalue weighted by Crippen LogP contribution is -2.45. The van der Waals surface area contributed by atoms with E-state index in [0.717, 1.165) is 18.4 Å². The molecule has 1 atom stereocenters. The van der Waals surface area contributed by atoms with Gasteiger partial charge in [-0.05, 0) is 12.5 Å². The van der Waals surface area contributed by atoms with Crippen LogP contribution in [0.5, 0.6) is 5.75 Å². The Labute approximate surface area is 124 Å². The first-order chi connectivity index (χ1) is 10.1. The van der Waals surface area contributed by atoms with Gasteiger partial charge in [-0.1, -0.05) is 38.0 Å². The molecule has 0 saturated heterocycles. The van der Waals surface area contributed by atoms with Crippen molar-refractivity contribution in [1.82, 2.24) is 10.6 Å². The molecule has 0 saturated carbocycles. The molecule has 0 spiro atoms. The maximum Gasteiger partial charge on any atom is 0.326 e. The van der Waals surface area contributed by atoms with Gasteiger partial charge in [0.1, 0.15) is 11.8 Å². The molecular weight excluding hydrogens is 272 g/mol. The predicted molar refractivity (Wildman–Crippen MR) is 79.3 cm³/mol. The number of carboxylic acid groups (broad SMARTS) is 1. The molecule has 1 unspecified atom stereocenters. The van der Waals surface area contributed by atoms with Gasteiger partial charge in [0.15, 0.2) is 0 Å². The first-order valence-corrected chi connectivity index (χ1v) is 6.97. The van der Waals surface area contributed by atoms with Crippen LogP contribution in [0.4, 0.5) is 4.79 Å². The Morgan fingerprint density at radius 3 is 2.67 bits per heavy atom. The van der Waals surface area contributed by atoms with Gasteiger partial charge in [0, 0.05) is 12.1 Å². The zero-order valence-corrected chi connectivity index (χ0v) is 12.4. The number of ether oxygens (including phenoxy) is 1. The minimum absolute atomic E-state index is 0.274. The molecule has 0 aromatic heterocycles. The third kappa shape index (κ3) is 5.72. The monoisotopic (exact) mass is 294 g/mol. The van der Waals surface area contributed by atoms with E-state index in [1.54, 1.807) is 13.2 Å². The van der Waals surface area contributed by atoms with Crippen LogP contribution in [0.15, 0.2) is 24.3 Å². The molecule has 21 heavy (non-hydrogen) atoms. The van der Waals surface area contributed by atoms with Crippen molar-refractivity contribution in [3.8, 4) is 5.75 Å². The van der Waals surface area contributed by atoms with Crippen LogP contribution in [0.1, 0.15) is 31.7 Å². The second-order valence-corrected chi connectivity index (χ2v) is 4.67. The third-order valence-electron chi connectivity index (χ3n) is 3.08. The largest absolute Gasteiger partial charge is 0.496 e. The number of aliphatic carboxylic acids is 1. The number of unbranched alkanes of at least 4 members (excludes halogenated alkanes) is 1. The molecule has 1 aromatic carbocycles. The molecule has 116 valence electrons. The molecule has 0 aliphatic rings. The Bertz CT molecular complexity index is 476. The normalized spacial score (nSPS) is 11.5. The summed E-state index contributed by atoms with van der Waals surface area (Å²) in [5.74, 6) is -0.338. The summed E-state index contributed by atoms with van der Waals surface area (Å²) in [6.45, 7) is 2.25. The Balaban J connectivity index is 2.50. The zero-order chi connectivity index (χ0) is 15.7. The molecule has 0 aliphatic heterocycles. The Morgan fingerprint density at radius 1 is 1.33 bits per heavy atom. The molecule has 1 aromatic rings. The highest BCUT2D eigenvalue weighted by Crippen LogP contribution is 2.16. The van der Waals surface area contributed by atoms with Gasteiger partial charge in [0.05, 0.1) is 7.11 Å². The van der Waals surface area contributed by atoms with Crippen molar-refractivity contribution in [1.29, 1.82) is 0 Å². The molecule has 0 fully saturated rings. The second kappa shape index (κ2) is 8.84. The number of carboxylic acids is 1. The maximum absolute atomic E-state index is 11.8. The van der Waals surface area contributed by atoms with E-state index in [2.05, 4.69) is 10.6 Å². The van der Waals surface area contributed by atoms with Crippen LogP contribution in [0.2, 0.25) is 0 Å². The summed E-state index contributed by atoms with van der Waals surface area (Å²) in [6.07, 6.45) is 2.06. The number of amides is 2. The maximum atomic E-state index is 11.8. The number of para-hydroxylation sites is 1. The number of urea groups is 1. The molecule has 0 radical (unpaired) electrons. The van der Waals surface area contributed by atoms with Gasteiger partial charge in [-0.2, -0.15) is 0 Å². The summed E-state index contributed by atoms with van der Waals surface area (Å²) in [5.41, 5.74) is 0.829. The first kappa shape index (κ1) is 16.8. The quantitative estimate of drug-likeness (QED) is 0.685. The topological polar surface area (TPSA) is 87.7 Å². The molecule has 3 N–H and O–H groups in total. The summed E-state index contributed by atoms with van der Waals surface area (Å²) < 4.78 is 5.18. The van der Waals surface area contributed by atoms with Crippen LogP contribution in [0.3, 0.4) is 0 Å². The fourth-order valence-corrected chi connectivity index (χ4v) is 1.90. The van der Waals surface area contributed by atoms with E-state index >= 15 is 0 Å². The van der Waals surface area contributed by atoms with Crippen molar-refractivity contribution >= 4 is 12.0 Å². The predicted octanol–water partition coefficient (Wildman–Crippen LogP) is 2.14. The highest BCUT2D eigenvalue weighted by atomic mass is 16.5. The van der Waals surface area contributed by atoms with Crippen molar-refractivity contribution in [2.75, 3.05) is 7.11 Å². The standard InChI is InChI=1S/C15H22N2O4/c1-3-4-8-12(14(18)19)17-15(20)16-10-11-7-5-6-9-13(11)21-2/h5-7,9,12H,3-4,8,10H2,1-2H3,(H,18,19)(H2,16,17,20). The summed E-state index contributed by atoms with van der Waals surface area (Å²) in [5, 5.41) is 14.2. The average molecular weight is 294 g/mol.